The number of nitriles is 1. The van der Waals surface area contributed by atoms with Crippen LogP contribution >= 0.6 is 11.6 Å². The van der Waals surface area contributed by atoms with Gasteiger partial charge in [0.05, 0.1) is 10.5 Å². The number of rotatable bonds is 2. The van der Waals surface area contributed by atoms with Crippen molar-refractivity contribution in [3.8, 4) is 6.07 Å². The number of primary sulfonamides is 1. The minimum absolute atomic E-state index is 0.398. The smallest absolute Gasteiger partial charge is 0.225 e. The molecule has 86 valence electrons. The predicted molar refractivity (Wildman–Crippen MR) is 50.3 cm³/mol. The summed E-state index contributed by atoms with van der Waals surface area (Å²) in [4.78, 5) is 2.40. The van der Waals surface area contributed by atoms with E-state index in [1.54, 1.807) is 0 Å². The molecular formula is C7H4ClF2N3O2S. The van der Waals surface area contributed by atoms with Crippen molar-refractivity contribution < 1.29 is 17.2 Å². The molecule has 0 spiro atoms. The lowest BCUT2D eigenvalue weighted by molar-refractivity contribution is 0.147. The van der Waals surface area contributed by atoms with Crippen molar-refractivity contribution in [2.45, 2.75) is 11.3 Å². The zero-order valence-corrected chi connectivity index (χ0v) is 9.06. The highest BCUT2D eigenvalue weighted by Crippen LogP contribution is 2.29. The van der Waals surface area contributed by atoms with Crippen LogP contribution in [0.15, 0.2) is 11.0 Å². The zero-order chi connectivity index (χ0) is 12.5. The second-order valence-electron chi connectivity index (χ2n) is 2.66. The van der Waals surface area contributed by atoms with Crippen LogP contribution in [0.3, 0.4) is 0 Å². The quantitative estimate of drug-likeness (QED) is 0.814. The molecule has 1 heterocycles. The lowest BCUT2D eigenvalue weighted by Gasteiger charge is -2.08. The van der Waals surface area contributed by atoms with E-state index in [2.05, 4.69) is 4.98 Å². The van der Waals surface area contributed by atoms with Crippen molar-refractivity contribution in [1.29, 1.82) is 5.26 Å². The van der Waals surface area contributed by atoms with E-state index in [9.17, 15) is 17.2 Å². The average Bonchev–Trinajstić information content (AvgIpc) is 2.14. The highest BCUT2D eigenvalue weighted by atomic mass is 35.5. The minimum atomic E-state index is -4.39. The van der Waals surface area contributed by atoms with E-state index in [4.69, 9.17) is 22.0 Å². The van der Waals surface area contributed by atoms with Crippen LogP contribution < -0.4 is 5.14 Å². The van der Waals surface area contributed by atoms with Crippen LogP contribution in [0.5, 0.6) is 0 Å². The normalized spacial score (nSPS) is 11.5. The molecule has 0 aromatic carbocycles. The van der Waals surface area contributed by atoms with Crippen LogP contribution in [0.2, 0.25) is 5.15 Å². The summed E-state index contributed by atoms with van der Waals surface area (Å²) in [6, 6.07) is 2.01. The molecule has 1 aromatic heterocycles. The van der Waals surface area contributed by atoms with Gasteiger partial charge in [-0.3, -0.25) is 0 Å². The molecule has 16 heavy (non-hydrogen) atoms. The number of pyridine rings is 1. The monoisotopic (exact) mass is 267 g/mol. The van der Waals surface area contributed by atoms with Crippen LogP contribution in [0, 0.1) is 11.3 Å². The molecule has 0 aliphatic heterocycles. The molecule has 0 radical (unpaired) electrons. The number of aromatic nitrogens is 1. The second kappa shape index (κ2) is 4.29. The third-order valence-electron chi connectivity index (χ3n) is 1.62. The first kappa shape index (κ1) is 12.8. The molecule has 2 N–H and O–H groups in total. The number of sulfonamides is 1. The molecule has 1 rings (SSSR count). The van der Waals surface area contributed by atoms with Gasteiger partial charge in [0.1, 0.15) is 11.2 Å². The summed E-state index contributed by atoms with van der Waals surface area (Å²) < 4.78 is 47.2. The summed E-state index contributed by atoms with van der Waals surface area (Å²) in [6.07, 6.45) is -3.19. The molecule has 0 atom stereocenters. The van der Waals surface area contributed by atoms with E-state index in [0.29, 0.717) is 6.07 Å². The molecule has 0 aliphatic carbocycles. The second-order valence-corrected chi connectivity index (χ2v) is 4.58. The summed E-state index contributed by atoms with van der Waals surface area (Å²) in [5, 5.41) is 12.9. The molecule has 0 aliphatic rings. The Morgan fingerprint density at radius 3 is 2.50 bits per heavy atom. The lowest BCUT2D eigenvalue weighted by Crippen LogP contribution is -2.16. The van der Waals surface area contributed by atoms with E-state index in [1.165, 1.54) is 6.07 Å². The fourth-order valence-corrected chi connectivity index (χ4v) is 2.06. The first-order valence-electron chi connectivity index (χ1n) is 3.69. The van der Waals surface area contributed by atoms with Gasteiger partial charge in [-0.25, -0.2) is 27.3 Å². The summed E-state index contributed by atoms with van der Waals surface area (Å²) >= 11 is 5.38. The Morgan fingerprint density at radius 1 is 1.56 bits per heavy atom. The number of alkyl halides is 2. The summed E-state index contributed by atoms with van der Waals surface area (Å²) in [5.74, 6) is 0. The molecule has 0 saturated heterocycles. The Labute approximate surface area is 94.5 Å². The first-order valence-corrected chi connectivity index (χ1v) is 5.61. The topological polar surface area (TPSA) is 96.8 Å². The summed E-state index contributed by atoms with van der Waals surface area (Å²) in [7, 11) is -4.39. The minimum Gasteiger partial charge on any atom is -0.225 e. The van der Waals surface area contributed by atoms with Crippen molar-refractivity contribution >= 4 is 21.6 Å². The Hall–Kier alpha value is -1.30. The maximum Gasteiger partial charge on any atom is 0.267 e. The van der Waals surface area contributed by atoms with Gasteiger partial charge in [-0.15, -0.1) is 0 Å². The lowest BCUT2D eigenvalue weighted by atomic mass is 10.2. The highest BCUT2D eigenvalue weighted by molar-refractivity contribution is 7.89. The largest absolute Gasteiger partial charge is 0.267 e. The van der Waals surface area contributed by atoms with Crippen LogP contribution in [0.25, 0.3) is 0 Å². The number of nitrogens with two attached hydrogens (primary N) is 1. The number of nitrogens with zero attached hydrogens (tertiary/aromatic N) is 2. The molecule has 0 saturated carbocycles. The Kier molecular flexibility index (Phi) is 3.42. The van der Waals surface area contributed by atoms with Gasteiger partial charge in [0.2, 0.25) is 10.0 Å². The van der Waals surface area contributed by atoms with Gasteiger partial charge in [0.25, 0.3) is 6.43 Å². The SMILES string of the molecule is N#Cc1nc(Cl)cc(S(N)(=O)=O)c1C(F)F. The predicted octanol–water partition coefficient (Wildman–Crippen LogP) is 1.19. The van der Waals surface area contributed by atoms with Crippen molar-refractivity contribution in [2.24, 2.45) is 5.14 Å². The van der Waals surface area contributed by atoms with E-state index in [1.807, 2.05) is 0 Å². The summed E-state index contributed by atoms with van der Waals surface area (Å²) in [6.45, 7) is 0. The molecule has 0 unspecified atom stereocenters. The molecule has 9 heteroatoms. The first-order chi connectivity index (χ1) is 7.27. The van der Waals surface area contributed by atoms with Crippen LogP contribution in [0.1, 0.15) is 17.7 Å². The van der Waals surface area contributed by atoms with Crippen molar-refractivity contribution in [3.63, 3.8) is 0 Å². The van der Waals surface area contributed by atoms with Gasteiger partial charge in [0, 0.05) is 0 Å². The molecule has 0 bridgehead atoms. The van der Waals surface area contributed by atoms with Crippen LogP contribution in [0.4, 0.5) is 8.78 Å². The standard InChI is InChI=1S/C7H4ClF2N3O2S/c8-5-1-4(16(12,14)15)6(7(9)10)3(2-11)13-5/h1,7H,(H2,12,14,15). The van der Waals surface area contributed by atoms with Gasteiger partial charge >= 0.3 is 0 Å². The van der Waals surface area contributed by atoms with Crippen LogP contribution in [-0.2, 0) is 10.0 Å². The van der Waals surface area contributed by atoms with Gasteiger partial charge in [-0.2, -0.15) is 5.26 Å². The van der Waals surface area contributed by atoms with Crippen molar-refractivity contribution in [1.82, 2.24) is 4.98 Å². The van der Waals surface area contributed by atoms with E-state index in [-0.39, 0.29) is 0 Å². The number of halogens is 3. The maximum atomic E-state index is 12.6. The van der Waals surface area contributed by atoms with Crippen LogP contribution in [-0.4, -0.2) is 13.4 Å². The molecular weight excluding hydrogens is 264 g/mol. The Morgan fingerprint density at radius 2 is 2.12 bits per heavy atom. The third-order valence-corrected chi connectivity index (χ3v) is 2.76. The van der Waals surface area contributed by atoms with Crippen molar-refractivity contribution in [3.05, 3.63) is 22.5 Å². The third kappa shape index (κ3) is 2.44. The summed E-state index contributed by atoms with van der Waals surface area (Å²) in [5.41, 5.74) is -1.79. The average molecular weight is 268 g/mol. The Balaban J connectivity index is 3.73. The molecule has 0 amide bonds. The van der Waals surface area contributed by atoms with Gasteiger partial charge < -0.3 is 0 Å². The van der Waals surface area contributed by atoms with E-state index < -0.39 is 37.8 Å². The Bertz CT molecular complexity index is 568. The molecule has 1 aromatic rings. The van der Waals surface area contributed by atoms with Gasteiger partial charge in [-0.1, -0.05) is 11.6 Å². The van der Waals surface area contributed by atoms with Gasteiger partial charge in [0.15, 0.2) is 5.69 Å². The molecule has 0 fully saturated rings. The molecule has 5 nitrogen and oxygen atoms in total. The van der Waals surface area contributed by atoms with Gasteiger partial charge in [-0.05, 0) is 6.07 Å². The maximum absolute atomic E-state index is 12.6. The fraction of sp³-hybridized carbons (Fsp3) is 0.143. The number of hydrogen-bond donors (Lipinski definition) is 1. The van der Waals surface area contributed by atoms with E-state index in [0.717, 1.165) is 0 Å². The fourth-order valence-electron chi connectivity index (χ4n) is 1.03. The van der Waals surface area contributed by atoms with E-state index >= 15 is 0 Å². The number of hydrogen-bond acceptors (Lipinski definition) is 4. The van der Waals surface area contributed by atoms with Crippen molar-refractivity contribution in [2.75, 3.05) is 0 Å². The highest BCUT2D eigenvalue weighted by Gasteiger charge is 2.26. The zero-order valence-electron chi connectivity index (χ0n) is 7.49.